The molecule has 1 aromatic carbocycles. The van der Waals surface area contributed by atoms with E-state index in [2.05, 4.69) is 10.3 Å². The molecule has 0 aliphatic heterocycles. The fourth-order valence-corrected chi connectivity index (χ4v) is 2.98. The zero-order valence-corrected chi connectivity index (χ0v) is 16.6. The molecule has 156 valence electrons. The Morgan fingerprint density at radius 1 is 1.34 bits per heavy atom. The molecule has 1 saturated carbocycles. The van der Waals surface area contributed by atoms with Crippen molar-refractivity contribution in [2.45, 2.75) is 31.7 Å². The van der Waals surface area contributed by atoms with E-state index < -0.39 is 45.2 Å². The second-order valence-electron chi connectivity index (χ2n) is 6.95. The van der Waals surface area contributed by atoms with E-state index in [9.17, 15) is 22.0 Å². The van der Waals surface area contributed by atoms with Crippen molar-refractivity contribution in [2.24, 2.45) is 5.92 Å². The number of hydrogen-bond acceptors (Lipinski definition) is 6. The first-order valence-corrected chi connectivity index (χ1v) is 10.8. The van der Waals surface area contributed by atoms with Crippen molar-refractivity contribution >= 4 is 15.7 Å². The molecule has 0 bridgehead atoms. The summed E-state index contributed by atoms with van der Waals surface area (Å²) in [5.74, 6) is -5.76. The molecule has 1 atom stereocenters. The second-order valence-corrected chi connectivity index (χ2v) is 8.88. The predicted octanol–water partition coefficient (Wildman–Crippen LogP) is 3.65. The number of sulfone groups is 1. The van der Waals surface area contributed by atoms with Crippen molar-refractivity contribution in [3.8, 4) is 11.6 Å². The average Bonchev–Trinajstić information content (AvgIpc) is 3.37. The number of halogens is 2. The van der Waals surface area contributed by atoms with E-state index >= 15 is 0 Å². The lowest BCUT2D eigenvalue weighted by Crippen LogP contribution is -2.35. The summed E-state index contributed by atoms with van der Waals surface area (Å²) < 4.78 is 60.6. The molecule has 29 heavy (non-hydrogen) atoms. The highest BCUT2D eigenvalue weighted by atomic mass is 32.2. The Morgan fingerprint density at radius 2 is 2.00 bits per heavy atom. The van der Waals surface area contributed by atoms with Crippen molar-refractivity contribution in [1.29, 1.82) is 0 Å². The zero-order chi connectivity index (χ0) is 21.2. The molecule has 2 aromatic rings. The van der Waals surface area contributed by atoms with Crippen LogP contribution < -0.4 is 10.1 Å². The van der Waals surface area contributed by atoms with Crippen LogP contribution in [0.2, 0.25) is 0 Å². The first-order chi connectivity index (χ1) is 13.5. The van der Waals surface area contributed by atoms with Crippen LogP contribution in [0, 0.1) is 5.92 Å². The number of oxazole rings is 1. The first-order valence-electron chi connectivity index (χ1n) is 8.84. The second kappa shape index (κ2) is 7.94. The molecule has 0 radical (unpaired) electrons. The quantitative estimate of drug-likeness (QED) is 0.692. The van der Waals surface area contributed by atoms with Crippen LogP contribution in [-0.4, -0.2) is 31.6 Å². The minimum atomic E-state index is -3.42. The summed E-state index contributed by atoms with van der Waals surface area (Å²) in [4.78, 5) is 16.3. The summed E-state index contributed by atoms with van der Waals surface area (Å²) in [7, 11) is -3.38. The predicted molar refractivity (Wildman–Crippen MR) is 101 cm³/mol. The molecule has 1 amide bonds. The maximum atomic E-state index is 13.7. The van der Waals surface area contributed by atoms with E-state index in [0.717, 1.165) is 24.5 Å². The minimum Gasteiger partial charge on any atom is -0.436 e. The van der Waals surface area contributed by atoms with Crippen LogP contribution in [0.4, 0.5) is 8.78 Å². The fraction of sp³-hybridized carbons (Fsp3) is 0.368. The molecule has 0 saturated heterocycles. The van der Waals surface area contributed by atoms with Crippen LogP contribution in [0.25, 0.3) is 0 Å². The largest absolute Gasteiger partial charge is 0.436 e. The van der Waals surface area contributed by atoms with Gasteiger partial charge in [0.2, 0.25) is 0 Å². The van der Waals surface area contributed by atoms with Crippen molar-refractivity contribution in [2.75, 3.05) is 6.26 Å². The number of carbonyl (C=O) groups is 1. The summed E-state index contributed by atoms with van der Waals surface area (Å²) in [6.07, 6.45) is 4.02. The summed E-state index contributed by atoms with van der Waals surface area (Å²) in [6, 6.07) is 7.64. The normalized spacial score (nSPS) is 16.0. The van der Waals surface area contributed by atoms with Crippen LogP contribution >= 0.6 is 0 Å². The van der Waals surface area contributed by atoms with Gasteiger partial charge in [-0.25, -0.2) is 8.42 Å². The number of rotatable bonds is 8. The highest BCUT2D eigenvalue weighted by molar-refractivity contribution is 7.93. The highest BCUT2D eigenvalue weighted by Gasteiger charge is 2.37. The lowest BCUT2D eigenvalue weighted by Gasteiger charge is -2.13. The molecular formula is C19H20F2N2O5S. The number of hydrogen-bond donors (Lipinski definition) is 1. The van der Waals surface area contributed by atoms with Gasteiger partial charge in [-0.3, -0.25) is 4.79 Å². The lowest BCUT2D eigenvalue weighted by atomic mass is 10.2. The van der Waals surface area contributed by atoms with Crippen molar-refractivity contribution < 1.29 is 31.1 Å². The Morgan fingerprint density at radius 3 is 2.55 bits per heavy atom. The summed E-state index contributed by atoms with van der Waals surface area (Å²) in [6.45, 7) is 0.592. The highest BCUT2D eigenvalue weighted by Crippen LogP contribution is 2.35. The number of nitrogens with one attached hydrogen (secondary N) is 1. The Balaban J connectivity index is 1.88. The minimum absolute atomic E-state index is 0.0606. The number of nitrogens with zero attached hydrogens (tertiary/aromatic N) is 1. The number of amides is 1. The van der Waals surface area contributed by atoms with Crippen LogP contribution in [-0.2, 0) is 15.8 Å². The third kappa shape index (κ3) is 5.86. The van der Waals surface area contributed by atoms with Gasteiger partial charge in [0, 0.05) is 18.6 Å². The smallest absolute Gasteiger partial charge is 0.319 e. The average molecular weight is 426 g/mol. The fourth-order valence-electron chi connectivity index (χ4n) is 2.53. The number of ether oxygens (including phenoxy) is 1. The number of para-hydroxylation sites is 1. The van der Waals surface area contributed by atoms with Gasteiger partial charge in [-0.1, -0.05) is 24.3 Å². The van der Waals surface area contributed by atoms with Crippen LogP contribution in [0.3, 0.4) is 0 Å². The van der Waals surface area contributed by atoms with Crippen LogP contribution in [0.15, 0.2) is 46.2 Å². The standard InChI is InChI=1S/C19H20F2N2O5S/c1-19(20,21)18-23-17(27-13-6-4-3-5-7-13)15(28-18)16(24)22-14(12-8-9-12)10-11-29(2,25)26/h3-7,10-12,14H,8-9H2,1-2H3,(H,22,24)/b11-10+/t14-/m1/s1. The maximum absolute atomic E-state index is 13.7. The third-order valence-corrected chi connectivity index (χ3v) is 4.75. The summed E-state index contributed by atoms with van der Waals surface area (Å²) in [5.41, 5.74) is 0. The van der Waals surface area contributed by atoms with Crippen LogP contribution in [0.5, 0.6) is 11.6 Å². The molecule has 10 heteroatoms. The number of carbonyl (C=O) groups excluding carboxylic acids is 1. The third-order valence-electron chi connectivity index (χ3n) is 4.10. The van der Waals surface area contributed by atoms with Gasteiger partial charge in [-0.15, -0.1) is 0 Å². The Labute approximate surface area is 166 Å². The van der Waals surface area contributed by atoms with E-state index in [0.29, 0.717) is 6.92 Å². The molecule has 1 fully saturated rings. The van der Waals surface area contributed by atoms with Gasteiger partial charge in [-0.2, -0.15) is 13.8 Å². The number of alkyl halides is 2. The van der Waals surface area contributed by atoms with Gasteiger partial charge in [0.25, 0.3) is 23.4 Å². The molecule has 0 spiro atoms. The molecule has 1 N–H and O–H groups in total. The number of aromatic nitrogens is 1. The molecular weight excluding hydrogens is 406 g/mol. The Bertz CT molecular complexity index is 1010. The van der Waals surface area contributed by atoms with Gasteiger partial charge in [0.05, 0.1) is 6.04 Å². The van der Waals surface area contributed by atoms with Crippen molar-refractivity contribution in [3.63, 3.8) is 0 Å². The zero-order valence-electron chi connectivity index (χ0n) is 15.8. The SMILES string of the molecule is CC(F)(F)c1nc(Oc2ccccc2)c(C(=O)N[C@H](/C=C/S(C)(=O)=O)C2CC2)o1. The molecule has 1 aliphatic rings. The molecule has 1 heterocycles. The van der Waals surface area contributed by atoms with Gasteiger partial charge in [0.1, 0.15) is 5.75 Å². The van der Waals surface area contributed by atoms with Gasteiger partial charge in [0.15, 0.2) is 9.84 Å². The Kier molecular flexibility index (Phi) is 5.74. The summed E-state index contributed by atoms with van der Waals surface area (Å²) in [5, 5.41) is 3.61. The van der Waals surface area contributed by atoms with Crippen molar-refractivity contribution in [3.05, 3.63) is 53.5 Å². The van der Waals surface area contributed by atoms with Crippen molar-refractivity contribution in [1.82, 2.24) is 10.3 Å². The van der Waals surface area contributed by atoms with E-state index in [-0.39, 0.29) is 11.7 Å². The monoisotopic (exact) mass is 426 g/mol. The van der Waals surface area contributed by atoms with E-state index in [1.54, 1.807) is 30.3 Å². The van der Waals surface area contributed by atoms with Gasteiger partial charge >= 0.3 is 5.92 Å². The topological polar surface area (TPSA) is 98.5 Å². The van der Waals surface area contributed by atoms with Gasteiger partial charge in [-0.05, 0) is 30.9 Å². The maximum Gasteiger partial charge on any atom is 0.319 e. The van der Waals surface area contributed by atoms with E-state index in [4.69, 9.17) is 9.15 Å². The van der Waals surface area contributed by atoms with E-state index in [1.807, 2.05) is 0 Å². The lowest BCUT2D eigenvalue weighted by molar-refractivity contribution is -0.0116. The molecule has 3 rings (SSSR count). The molecule has 0 unspecified atom stereocenters. The first kappa shape index (κ1) is 21.0. The van der Waals surface area contributed by atoms with Gasteiger partial charge < -0.3 is 14.5 Å². The Hall–Kier alpha value is -2.75. The molecule has 7 nitrogen and oxygen atoms in total. The van der Waals surface area contributed by atoms with E-state index in [1.165, 1.54) is 6.08 Å². The molecule has 1 aliphatic carbocycles. The number of benzene rings is 1. The molecule has 1 aromatic heterocycles. The van der Waals surface area contributed by atoms with Crippen LogP contribution in [0.1, 0.15) is 36.2 Å². The summed E-state index contributed by atoms with van der Waals surface area (Å²) >= 11 is 0.